The molecule has 1 aromatic heterocycles. The van der Waals surface area contributed by atoms with Crippen molar-refractivity contribution in [3.8, 4) is 5.75 Å². The Morgan fingerprint density at radius 3 is 2.73 bits per heavy atom. The minimum Gasteiger partial charge on any atom is -0.486 e. The summed E-state index contributed by atoms with van der Waals surface area (Å²) in [5.74, 6) is 0.415. The molecule has 0 amide bonds. The van der Waals surface area contributed by atoms with Crippen molar-refractivity contribution in [1.29, 1.82) is 0 Å². The fraction of sp³-hybridized carbons (Fsp3) is 0.333. The van der Waals surface area contributed by atoms with Gasteiger partial charge in [-0.2, -0.15) is 0 Å². The van der Waals surface area contributed by atoms with Crippen LogP contribution >= 0.6 is 0 Å². The predicted molar refractivity (Wildman–Crippen MR) is 49.2 cm³/mol. The van der Waals surface area contributed by atoms with Gasteiger partial charge >= 0.3 is 0 Å². The lowest BCUT2D eigenvalue weighted by Gasteiger charge is -2.06. The fourth-order valence-corrected chi connectivity index (χ4v) is 0.753. The topological polar surface area (TPSA) is 59.4 Å². The second kappa shape index (κ2) is 7.66. The zero-order chi connectivity index (χ0) is 11.7. The maximum absolute atomic E-state index is 11.7. The number of carbonyl (C=O) groups is 1. The monoisotopic (exact) mass is 219 g/mol. The second-order valence-corrected chi connectivity index (χ2v) is 2.45. The molecule has 1 aromatic rings. The number of aryl methyl sites for hydroxylation is 1. The minimum atomic E-state index is -2.44. The van der Waals surface area contributed by atoms with Gasteiger partial charge in [-0.05, 0) is 18.6 Å². The van der Waals surface area contributed by atoms with Gasteiger partial charge in [0.25, 0.3) is 12.9 Å². The average Bonchev–Trinajstić information content (AvgIpc) is 2.17. The van der Waals surface area contributed by atoms with E-state index in [0.29, 0.717) is 5.75 Å². The highest BCUT2D eigenvalue weighted by atomic mass is 19.3. The third-order valence-corrected chi connectivity index (χ3v) is 1.36. The third kappa shape index (κ3) is 6.36. The molecule has 15 heavy (non-hydrogen) atoms. The lowest BCUT2D eigenvalue weighted by atomic mass is 10.3. The number of rotatable bonds is 3. The molecule has 1 N–H and O–H groups in total. The van der Waals surface area contributed by atoms with Crippen molar-refractivity contribution in [1.82, 2.24) is 4.98 Å². The van der Waals surface area contributed by atoms with Crippen LogP contribution in [0.15, 0.2) is 18.5 Å². The first-order valence-corrected chi connectivity index (χ1v) is 4.01. The molecule has 0 aliphatic carbocycles. The van der Waals surface area contributed by atoms with Crippen LogP contribution in [0, 0.1) is 6.92 Å². The van der Waals surface area contributed by atoms with E-state index in [1.807, 2.05) is 0 Å². The Morgan fingerprint density at radius 1 is 1.67 bits per heavy atom. The molecular formula is C9H11F2NO3. The summed E-state index contributed by atoms with van der Waals surface area (Å²) in [7, 11) is 0. The van der Waals surface area contributed by atoms with Crippen molar-refractivity contribution < 1.29 is 23.4 Å². The summed E-state index contributed by atoms with van der Waals surface area (Å²) in [4.78, 5) is 12.1. The van der Waals surface area contributed by atoms with E-state index >= 15 is 0 Å². The molecule has 84 valence electrons. The first kappa shape index (κ1) is 13.3. The Kier molecular flexibility index (Phi) is 6.78. The molecule has 0 fully saturated rings. The summed E-state index contributed by atoms with van der Waals surface area (Å²) in [6.07, 6.45) is 0.576. The lowest BCUT2D eigenvalue weighted by Crippen LogP contribution is -2.07. The standard InChI is InChI=1S/C8H9F2NO.CH2O2/c1-6-2-3-11-4-7(6)12-5-8(9)10;2-1-3/h2-4,8H,5H2,1H3;1H,(H,2,3). The molecule has 0 spiro atoms. The van der Waals surface area contributed by atoms with Gasteiger partial charge in [0.1, 0.15) is 12.4 Å². The number of hydrogen-bond donors (Lipinski definition) is 1. The molecule has 1 rings (SSSR count). The number of ether oxygens (including phenoxy) is 1. The summed E-state index contributed by atoms with van der Waals surface area (Å²) in [5.41, 5.74) is 0.811. The number of pyridine rings is 1. The summed E-state index contributed by atoms with van der Waals surface area (Å²) in [5, 5.41) is 6.89. The highest BCUT2D eigenvalue weighted by Gasteiger charge is 2.04. The van der Waals surface area contributed by atoms with Crippen LogP contribution in [-0.4, -0.2) is 29.6 Å². The Hall–Kier alpha value is -1.72. The van der Waals surface area contributed by atoms with Crippen LogP contribution in [0.1, 0.15) is 5.56 Å². The smallest absolute Gasteiger partial charge is 0.290 e. The van der Waals surface area contributed by atoms with E-state index in [2.05, 4.69) is 4.98 Å². The molecule has 0 atom stereocenters. The van der Waals surface area contributed by atoms with Crippen LogP contribution < -0.4 is 4.74 Å². The molecule has 0 bridgehead atoms. The molecule has 0 saturated carbocycles. The summed E-state index contributed by atoms with van der Waals surface area (Å²) in [6.45, 7) is 0.953. The van der Waals surface area contributed by atoms with E-state index < -0.39 is 13.0 Å². The van der Waals surface area contributed by atoms with Gasteiger partial charge in [-0.1, -0.05) is 0 Å². The van der Waals surface area contributed by atoms with Gasteiger partial charge < -0.3 is 9.84 Å². The Bertz CT molecular complexity index is 294. The van der Waals surface area contributed by atoms with Crippen molar-refractivity contribution >= 4 is 6.47 Å². The molecule has 0 unspecified atom stereocenters. The highest BCUT2D eigenvalue weighted by Crippen LogP contribution is 2.14. The molecule has 0 aromatic carbocycles. The van der Waals surface area contributed by atoms with Crippen molar-refractivity contribution in [2.75, 3.05) is 6.61 Å². The number of carboxylic acid groups (broad SMARTS) is 1. The second-order valence-electron chi connectivity index (χ2n) is 2.45. The van der Waals surface area contributed by atoms with Crippen LogP contribution in [-0.2, 0) is 4.79 Å². The highest BCUT2D eigenvalue weighted by molar-refractivity contribution is 5.32. The van der Waals surface area contributed by atoms with Gasteiger partial charge in [-0.25, -0.2) is 8.78 Å². The molecule has 4 nitrogen and oxygen atoms in total. The number of aromatic nitrogens is 1. The van der Waals surface area contributed by atoms with Crippen LogP contribution in [0.25, 0.3) is 0 Å². The van der Waals surface area contributed by atoms with E-state index in [0.717, 1.165) is 5.56 Å². The van der Waals surface area contributed by atoms with E-state index in [-0.39, 0.29) is 6.47 Å². The molecular weight excluding hydrogens is 208 g/mol. The van der Waals surface area contributed by atoms with E-state index in [1.54, 1.807) is 19.2 Å². The first-order valence-electron chi connectivity index (χ1n) is 4.01. The van der Waals surface area contributed by atoms with Gasteiger partial charge in [-0.3, -0.25) is 9.78 Å². The van der Waals surface area contributed by atoms with Crippen LogP contribution in [0.5, 0.6) is 5.75 Å². The fourth-order valence-electron chi connectivity index (χ4n) is 0.753. The summed E-state index contributed by atoms with van der Waals surface area (Å²) >= 11 is 0. The van der Waals surface area contributed by atoms with Crippen LogP contribution in [0.3, 0.4) is 0 Å². The molecule has 6 heteroatoms. The zero-order valence-electron chi connectivity index (χ0n) is 8.06. The molecule has 0 saturated heterocycles. The average molecular weight is 219 g/mol. The number of halogens is 2. The molecule has 0 radical (unpaired) electrons. The van der Waals surface area contributed by atoms with Gasteiger partial charge in [0.15, 0.2) is 0 Å². The normalized spacial score (nSPS) is 9.07. The van der Waals surface area contributed by atoms with E-state index in [9.17, 15) is 8.78 Å². The van der Waals surface area contributed by atoms with Gasteiger partial charge in [0.2, 0.25) is 0 Å². The Balaban J connectivity index is 0.000000583. The van der Waals surface area contributed by atoms with Gasteiger partial charge in [-0.15, -0.1) is 0 Å². The minimum absolute atomic E-state index is 0.250. The number of alkyl halides is 2. The lowest BCUT2D eigenvalue weighted by molar-refractivity contribution is -0.122. The Labute approximate surface area is 85.5 Å². The summed E-state index contributed by atoms with van der Waals surface area (Å²) in [6, 6.07) is 1.71. The van der Waals surface area contributed by atoms with Crippen molar-refractivity contribution in [3.63, 3.8) is 0 Å². The van der Waals surface area contributed by atoms with Crippen LogP contribution in [0.2, 0.25) is 0 Å². The maximum Gasteiger partial charge on any atom is 0.290 e. The largest absolute Gasteiger partial charge is 0.486 e. The quantitative estimate of drug-likeness (QED) is 0.786. The van der Waals surface area contributed by atoms with Crippen molar-refractivity contribution in [2.24, 2.45) is 0 Å². The van der Waals surface area contributed by atoms with Crippen molar-refractivity contribution in [2.45, 2.75) is 13.3 Å². The number of hydrogen-bond acceptors (Lipinski definition) is 3. The molecule has 0 aliphatic rings. The molecule has 0 aliphatic heterocycles. The third-order valence-electron chi connectivity index (χ3n) is 1.36. The predicted octanol–water partition coefficient (Wildman–Crippen LogP) is 1.73. The maximum atomic E-state index is 11.7. The van der Waals surface area contributed by atoms with Crippen molar-refractivity contribution in [3.05, 3.63) is 24.0 Å². The molecule has 1 heterocycles. The SMILES string of the molecule is Cc1ccncc1OCC(F)F.O=CO. The Morgan fingerprint density at radius 2 is 2.27 bits per heavy atom. The van der Waals surface area contributed by atoms with Gasteiger partial charge in [0, 0.05) is 6.20 Å². The van der Waals surface area contributed by atoms with E-state index in [1.165, 1.54) is 6.20 Å². The number of nitrogens with zero attached hydrogens (tertiary/aromatic N) is 1. The first-order chi connectivity index (χ1) is 7.11. The van der Waals surface area contributed by atoms with Gasteiger partial charge in [0.05, 0.1) is 6.20 Å². The van der Waals surface area contributed by atoms with E-state index in [4.69, 9.17) is 14.6 Å². The zero-order valence-corrected chi connectivity index (χ0v) is 8.06. The summed E-state index contributed by atoms with van der Waals surface area (Å²) < 4.78 is 28.2. The van der Waals surface area contributed by atoms with Crippen LogP contribution in [0.4, 0.5) is 8.78 Å².